The summed E-state index contributed by atoms with van der Waals surface area (Å²) in [6.07, 6.45) is 1.34. The zero-order valence-electron chi connectivity index (χ0n) is 13.1. The summed E-state index contributed by atoms with van der Waals surface area (Å²) in [5.74, 6) is 2.19. The van der Waals surface area contributed by atoms with Crippen molar-refractivity contribution in [3.05, 3.63) is 41.5 Å². The number of methoxy groups -OCH3 is 1. The summed E-state index contributed by atoms with van der Waals surface area (Å²) in [6.45, 7) is 7.22. The number of rotatable bonds is 6. The number of ether oxygens (including phenoxy) is 1. The highest BCUT2D eigenvalue weighted by Gasteiger charge is 2.12. The van der Waals surface area contributed by atoms with Gasteiger partial charge in [-0.3, -0.25) is 0 Å². The zero-order chi connectivity index (χ0) is 15.3. The quantitative estimate of drug-likeness (QED) is 0.885. The number of aromatic nitrogens is 2. The van der Waals surface area contributed by atoms with E-state index < -0.39 is 0 Å². The Hall–Kier alpha value is -1.88. The summed E-state index contributed by atoms with van der Waals surface area (Å²) in [5.41, 5.74) is 1.15. The molecule has 5 nitrogen and oxygen atoms in total. The highest BCUT2D eigenvalue weighted by Crippen LogP contribution is 2.19. The van der Waals surface area contributed by atoms with Gasteiger partial charge in [0.15, 0.2) is 5.82 Å². The van der Waals surface area contributed by atoms with Crippen LogP contribution in [0.25, 0.3) is 0 Å². The van der Waals surface area contributed by atoms with Gasteiger partial charge in [-0.1, -0.05) is 23.4 Å². The smallest absolute Gasteiger partial charge is 0.227 e. The van der Waals surface area contributed by atoms with Gasteiger partial charge in [-0.2, -0.15) is 4.98 Å². The van der Waals surface area contributed by atoms with Crippen LogP contribution in [0.1, 0.15) is 38.0 Å². The molecule has 0 fully saturated rings. The normalized spacial score (nSPS) is 11.6. The highest BCUT2D eigenvalue weighted by molar-refractivity contribution is 5.35. The third kappa shape index (κ3) is 4.86. The van der Waals surface area contributed by atoms with Crippen LogP contribution in [0.5, 0.6) is 5.75 Å². The van der Waals surface area contributed by atoms with Crippen molar-refractivity contribution < 1.29 is 9.26 Å². The van der Waals surface area contributed by atoms with Crippen molar-refractivity contribution in [1.82, 2.24) is 15.5 Å². The first-order valence-electron chi connectivity index (χ1n) is 7.16. The van der Waals surface area contributed by atoms with Crippen LogP contribution in [0.2, 0.25) is 0 Å². The number of nitrogens with zero attached hydrogens (tertiary/aromatic N) is 2. The maximum atomic E-state index is 5.33. The summed E-state index contributed by atoms with van der Waals surface area (Å²) < 4.78 is 10.6. The van der Waals surface area contributed by atoms with Crippen LogP contribution in [-0.4, -0.2) is 29.3 Å². The Morgan fingerprint density at radius 1 is 1.24 bits per heavy atom. The topological polar surface area (TPSA) is 60.2 Å². The van der Waals surface area contributed by atoms with Gasteiger partial charge < -0.3 is 14.6 Å². The van der Waals surface area contributed by atoms with Gasteiger partial charge in [0, 0.05) is 30.5 Å². The van der Waals surface area contributed by atoms with Crippen LogP contribution in [0.4, 0.5) is 0 Å². The lowest BCUT2D eigenvalue weighted by atomic mass is 10.1. The Morgan fingerprint density at radius 2 is 2.00 bits per heavy atom. The van der Waals surface area contributed by atoms with Gasteiger partial charge in [-0.25, -0.2) is 0 Å². The monoisotopic (exact) mass is 289 g/mol. The van der Waals surface area contributed by atoms with E-state index in [1.807, 2.05) is 24.3 Å². The fourth-order valence-electron chi connectivity index (χ4n) is 2.03. The van der Waals surface area contributed by atoms with E-state index in [1.165, 1.54) is 0 Å². The molecule has 5 heteroatoms. The lowest BCUT2D eigenvalue weighted by molar-refractivity contribution is 0.358. The van der Waals surface area contributed by atoms with Gasteiger partial charge in [-0.05, 0) is 26.8 Å². The van der Waals surface area contributed by atoms with Gasteiger partial charge in [0.25, 0.3) is 0 Å². The molecule has 0 radical (unpaired) electrons. The molecule has 1 aromatic carbocycles. The Bertz CT molecular complexity index is 573. The minimum atomic E-state index is 0.0975. The second-order valence-corrected chi connectivity index (χ2v) is 6.02. The van der Waals surface area contributed by atoms with E-state index in [0.717, 1.165) is 24.3 Å². The molecular formula is C16H23N3O2. The molecule has 1 N–H and O–H groups in total. The molecule has 0 spiro atoms. The van der Waals surface area contributed by atoms with Crippen LogP contribution < -0.4 is 10.1 Å². The first kappa shape index (κ1) is 15.5. The maximum absolute atomic E-state index is 5.33. The molecule has 21 heavy (non-hydrogen) atoms. The average molecular weight is 289 g/mol. The minimum absolute atomic E-state index is 0.0975. The molecule has 0 bridgehead atoms. The Balaban J connectivity index is 1.94. The van der Waals surface area contributed by atoms with E-state index in [2.05, 4.69) is 36.2 Å². The number of nitrogens with one attached hydrogen (secondary N) is 1. The number of hydrogen-bond donors (Lipinski definition) is 1. The van der Waals surface area contributed by atoms with E-state index >= 15 is 0 Å². The number of para-hydroxylation sites is 1. The first-order valence-corrected chi connectivity index (χ1v) is 7.16. The van der Waals surface area contributed by atoms with Gasteiger partial charge >= 0.3 is 0 Å². The maximum Gasteiger partial charge on any atom is 0.227 e. The summed E-state index contributed by atoms with van der Waals surface area (Å²) in [7, 11) is 1.67. The molecule has 2 aromatic rings. The van der Waals surface area contributed by atoms with Crippen LogP contribution in [0.15, 0.2) is 28.8 Å². The SMILES string of the molecule is COc1ccccc1Cc1noc(CCNC(C)(C)C)n1. The van der Waals surface area contributed by atoms with Crippen molar-refractivity contribution in [2.24, 2.45) is 0 Å². The largest absolute Gasteiger partial charge is 0.496 e. The standard InChI is InChI=1S/C16H23N3O2/c1-16(2,3)17-10-9-15-18-14(19-21-15)11-12-7-5-6-8-13(12)20-4/h5-8,17H,9-11H2,1-4H3. The summed E-state index contributed by atoms with van der Waals surface area (Å²) in [6, 6.07) is 7.87. The van der Waals surface area contributed by atoms with E-state index in [-0.39, 0.29) is 5.54 Å². The van der Waals surface area contributed by atoms with E-state index in [4.69, 9.17) is 9.26 Å². The van der Waals surface area contributed by atoms with Crippen LogP contribution in [-0.2, 0) is 12.8 Å². The molecule has 0 aliphatic rings. The van der Waals surface area contributed by atoms with E-state index in [9.17, 15) is 0 Å². The summed E-state index contributed by atoms with van der Waals surface area (Å²) in [4.78, 5) is 4.43. The predicted octanol–water partition coefficient (Wildman–Crippen LogP) is 2.60. The molecule has 0 aliphatic carbocycles. The van der Waals surface area contributed by atoms with Crippen LogP contribution in [0, 0.1) is 0 Å². The van der Waals surface area contributed by atoms with Crippen molar-refractivity contribution in [3.8, 4) is 5.75 Å². The number of benzene rings is 1. The number of hydrogen-bond acceptors (Lipinski definition) is 5. The second-order valence-electron chi connectivity index (χ2n) is 6.02. The molecular weight excluding hydrogens is 266 g/mol. The van der Waals surface area contributed by atoms with E-state index in [1.54, 1.807) is 7.11 Å². The van der Waals surface area contributed by atoms with Gasteiger partial charge in [0.2, 0.25) is 5.89 Å². The van der Waals surface area contributed by atoms with Gasteiger partial charge in [0.05, 0.1) is 7.11 Å². The Labute approximate surface area is 125 Å². The molecule has 2 rings (SSSR count). The Morgan fingerprint density at radius 3 is 2.71 bits per heavy atom. The molecule has 1 aromatic heterocycles. The molecule has 0 saturated heterocycles. The van der Waals surface area contributed by atoms with Crippen molar-refractivity contribution in [2.45, 2.75) is 39.2 Å². The molecule has 0 aliphatic heterocycles. The van der Waals surface area contributed by atoms with Crippen LogP contribution in [0.3, 0.4) is 0 Å². The van der Waals surface area contributed by atoms with E-state index in [0.29, 0.717) is 18.1 Å². The summed E-state index contributed by atoms with van der Waals surface area (Å²) in [5, 5.41) is 7.43. The second kappa shape index (κ2) is 6.72. The van der Waals surface area contributed by atoms with Crippen molar-refractivity contribution >= 4 is 0 Å². The summed E-state index contributed by atoms with van der Waals surface area (Å²) >= 11 is 0. The third-order valence-corrected chi connectivity index (χ3v) is 3.05. The van der Waals surface area contributed by atoms with Gasteiger partial charge in [-0.15, -0.1) is 0 Å². The highest BCUT2D eigenvalue weighted by atomic mass is 16.5. The third-order valence-electron chi connectivity index (χ3n) is 3.05. The minimum Gasteiger partial charge on any atom is -0.496 e. The molecule has 0 saturated carbocycles. The fraction of sp³-hybridized carbons (Fsp3) is 0.500. The zero-order valence-corrected chi connectivity index (χ0v) is 13.1. The fourth-order valence-corrected chi connectivity index (χ4v) is 2.03. The molecule has 114 valence electrons. The lowest BCUT2D eigenvalue weighted by Gasteiger charge is -2.19. The van der Waals surface area contributed by atoms with Crippen molar-refractivity contribution in [1.29, 1.82) is 0 Å². The molecule has 0 unspecified atom stereocenters. The van der Waals surface area contributed by atoms with Gasteiger partial charge in [0.1, 0.15) is 5.75 Å². The van der Waals surface area contributed by atoms with Crippen molar-refractivity contribution in [2.75, 3.05) is 13.7 Å². The molecule has 0 atom stereocenters. The Kier molecular flexibility index (Phi) is 4.96. The lowest BCUT2D eigenvalue weighted by Crippen LogP contribution is -2.37. The van der Waals surface area contributed by atoms with Crippen LogP contribution >= 0.6 is 0 Å². The molecule has 1 heterocycles. The molecule has 0 amide bonds. The first-order chi connectivity index (χ1) is 9.98. The van der Waals surface area contributed by atoms with Crippen molar-refractivity contribution in [3.63, 3.8) is 0 Å². The average Bonchev–Trinajstić information content (AvgIpc) is 2.85. The predicted molar refractivity (Wildman–Crippen MR) is 81.6 cm³/mol.